The number of phenols is 1. The second kappa shape index (κ2) is 8.58. The maximum atomic E-state index is 10.3. The zero-order valence-electron chi connectivity index (χ0n) is 18.5. The minimum Gasteiger partial charge on any atom is -0.506 e. The van der Waals surface area contributed by atoms with Crippen molar-refractivity contribution in [3.8, 4) is 23.2 Å². The van der Waals surface area contributed by atoms with E-state index in [0.717, 1.165) is 44.1 Å². The van der Waals surface area contributed by atoms with Crippen LogP contribution in [0.2, 0.25) is 0 Å². The van der Waals surface area contributed by atoms with Crippen molar-refractivity contribution < 1.29 is 30.9 Å². The number of hydrogen-bond acceptors (Lipinski definition) is 4. The molecule has 3 heterocycles. The molecule has 6 rings (SSSR count). The van der Waals surface area contributed by atoms with E-state index < -0.39 is 0 Å². The molecule has 34 heavy (non-hydrogen) atoms. The van der Waals surface area contributed by atoms with Gasteiger partial charge in [0, 0.05) is 50.0 Å². The number of pyridine rings is 2. The van der Waals surface area contributed by atoms with E-state index in [9.17, 15) is 5.11 Å². The Kier molecular flexibility index (Phi) is 5.58. The molecular formula is C28H20N3O2Pt-. The van der Waals surface area contributed by atoms with Crippen LogP contribution in [0.4, 0.5) is 0 Å². The van der Waals surface area contributed by atoms with Crippen LogP contribution in [0.25, 0.3) is 38.5 Å². The summed E-state index contributed by atoms with van der Waals surface area (Å²) in [5, 5.41) is 13.3. The largest absolute Gasteiger partial charge is 0.506 e. The first kappa shape index (κ1) is 22.1. The number of phenolic OH excluding ortho intramolecular Hbond substituents is 1. The van der Waals surface area contributed by atoms with Gasteiger partial charge in [0.25, 0.3) is 0 Å². The van der Waals surface area contributed by atoms with Crippen LogP contribution in [0.15, 0.2) is 79.0 Å². The predicted molar refractivity (Wildman–Crippen MR) is 130 cm³/mol. The van der Waals surface area contributed by atoms with Crippen molar-refractivity contribution in [3.63, 3.8) is 0 Å². The number of ether oxygens (including phenoxy) is 1. The molecule has 0 aliphatic carbocycles. The van der Waals surface area contributed by atoms with Crippen LogP contribution < -0.4 is 4.74 Å². The summed E-state index contributed by atoms with van der Waals surface area (Å²) in [4.78, 5) is 9.18. The molecule has 170 valence electrons. The van der Waals surface area contributed by atoms with E-state index in [0.29, 0.717) is 17.1 Å². The third kappa shape index (κ3) is 3.63. The number of nitrogens with zero attached hydrogens (tertiary/aromatic N) is 3. The molecule has 0 amide bonds. The topological polar surface area (TPSA) is 60.2 Å². The number of aromatic nitrogens is 3. The van der Waals surface area contributed by atoms with Gasteiger partial charge in [-0.25, -0.2) is 9.97 Å². The average Bonchev–Trinajstić information content (AvgIpc) is 3.14. The monoisotopic (exact) mass is 625 g/mol. The van der Waals surface area contributed by atoms with Gasteiger partial charge >= 0.3 is 0 Å². The van der Waals surface area contributed by atoms with Crippen molar-refractivity contribution in [1.29, 1.82) is 0 Å². The third-order valence-electron chi connectivity index (χ3n) is 5.90. The van der Waals surface area contributed by atoms with Crippen LogP contribution in [-0.4, -0.2) is 19.6 Å². The summed E-state index contributed by atoms with van der Waals surface area (Å²) in [6.45, 7) is 4.00. The Bertz CT molecular complexity index is 1670. The smallest absolute Gasteiger partial charge is 0.217 e. The normalized spacial score (nSPS) is 11.1. The number of rotatable bonds is 3. The number of para-hydroxylation sites is 2. The molecule has 1 N–H and O–H groups in total. The fourth-order valence-electron chi connectivity index (χ4n) is 4.30. The van der Waals surface area contributed by atoms with E-state index >= 15 is 0 Å². The third-order valence-corrected chi connectivity index (χ3v) is 5.90. The average molecular weight is 626 g/mol. The first-order valence-corrected chi connectivity index (χ1v) is 10.7. The molecular weight excluding hydrogens is 605 g/mol. The zero-order valence-corrected chi connectivity index (χ0v) is 20.8. The van der Waals surface area contributed by atoms with Crippen molar-refractivity contribution in [2.24, 2.45) is 0 Å². The number of benzene rings is 3. The van der Waals surface area contributed by atoms with Crippen LogP contribution >= 0.6 is 0 Å². The number of fused-ring (bicyclic) bond motifs is 4. The van der Waals surface area contributed by atoms with Crippen molar-refractivity contribution >= 4 is 32.7 Å². The Labute approximate surface area is 210 Å². The Hall–Kier alpha value is -3.69. The molecule has 3 aromatic carbocycles. The Morgan fingerprint density at radius 2 is 1.71 bits per heavy atom. The second-order valence-electron chi connectivity index (χ2n) is 8.18. The van der Waals surface area contributed by atoms with Gasteiger partial charge in [0.2, 0.25) is 5.88 Å². The van der Waals surface area contributed by atoms with Gasteiger partial charge in [0.1, 0.15) is 17.1 Å². The molecule has 0 saturated heterocycles. The Morgan fingerprint density at radius 3 is 2.53 bits per heavy atom. The van der Waals surface area contributed by atoms with E-state index in [-0.39, 0.29) is 26.8 Å². The van der Waals surface area contributed by atoms with Gasteiger partial charge in [-0.1, -0.05) is 41.9 Å². The fraction of sp³-hybridized carbons (Fsp3) is 0.0714. The van der Waals surface area contributed by atoms with Gasteiger partial charge in [-0.3, -0.25) is 0 Å². The maximum absolute atomic E-state index is 10.3. The quantitative estimate of drug-likeness (QED) is 0.224. The molecule has 0 saturated carbocycles. The SMILES string of the molecule is Cc1ccc(-n2c3[c-]c(Oc4cc(C)c5cccc(O)c5n4)ccc3c3ccccc32)nc1.[Pt]. The summed E-state index contributed by atoms with van der Waals surface area (Å²) in [7, 11) is 0. The second-order valence-corrected chi connectivity index (χ2v) is 8.18. The Balaban J connectivity index is 0.00000241. The first-order valence-electron chi connectivity index (χ1n) is 10.7. The predicted octanol–water partition coefficient (Wildman–Crippen LogP) is 6.64. The molecule has 6 heteroatoms. The van der Waals surface area contributed by atoms with E-state index in [2.05, 4.69) is 38.8 Å². The summed E-state index contributed by atoms with van der Waals surface area (Å²) in [6, 6.07) is 26.9. The molecule has 6 aromatic rings. The molecule has 0 spiro atoms. The molecule has 0 radical (unpaired) electrons. The molecule has 0 unspecified atom stereocenters. The van der Waals surface area contributed by atoms with Crippen LogP contribution in [0.3, 0.4) is 0 Å². The van der Waals surface area contributed by atoms with Gasteiger partial charge in [-0.15, -0.1) is 17.5 Å². The van der Waals surface area contributed by atoms with Crippen molar-refractivity contribution in [2.75, 3.05) is 0 Å². The summed E-state index contributed by atoms with van der Waals surface area (Å²) in [5.74, 6) is 1.91. The number of hydrogen-bond donors (Lipinski definition) is 1. The van der Waals surface area contributed by atoms with Gasteiger partial charge in [0.05, 0.1) is 0 Å². The van der Waals surface area contributed by atoms with Crippen molar-refractivity contribution in [3.05, 3.63) is 96.2 Å². The van der Waals surface area contributed by atoms with E-state index in [4.69, 9.17) is 4.74 Å². The van der Waals surface area contributed by atoms with Gasteiger partial charge in [-0.05, 0) is 48.6 Å². The van der Waals surface area contributed by atoms with Crippen molar-refractivity contribution in [1.82, 2.24) is 14.5 Å². The van der Waals surface area contributed by atoms with Gasteiger partial charge < -0.3 is 14.4 Å². The standard InChI is InChI=1S/C28H20N3O2.Pt/c1-17-10-13-26(29-16-17)31-23-8-4-3-6-21(23)22-12-11-19(15-24(22)31)33-27-14-18(2)20-7-5-9-25(32)28(20)30-27;/h3-14,16,32H,1-2H3;/q-1;. The minimum atomic E-state index is 0. The Morgan fingerprint density at radius 1 is 0.882 bits per heavy atom. The molecule has 5 nitrogen and oxygen atoms in total. The molecule has 0 atom stereocenters. The summed E-state index contributed by atoms with van der Waals surface area (Å²) < 4.78 is 8.22. The first-order chi connectivity index (χ1) is 16.1. The minimum absolute atomic E-state index is 0. The van der Waals surface area contributed by atoms with Crippen LogP contribution in [-0.2, 0) is 21.1 Å². The summed E-state index contributed by atoms with van der Waals surface area (Å²) in [6.07, 6.45) is 1.87. The van der Waals surface area contributed by atoms with Gasteiger partial charge in [-0.2, -0.15) is 6.07 Å². The van der Waals surface area contributed by atoms with E-state index in [1.807, 2.05) is 68.6 Å². The summed E-state index contributed by atoms with van der Waals surface area (Å²) in [5.41, 5.74) is 4.54. The van der Waals surface area contributed by atoms with E-state index in [1.54, 1.807) is 6.07 Å². The molecule has 0 aliphatic heterocycles. The van der Waals surface area contributed by atoms with Gasteiger partial charge in [0.15, 0.2) is 0 Å². The van der Waals surface area contributed by atoms with Crippen LogP contribution in [0, 0.1) is 19.9 Å². The zero-order chi connectivity index (χ0) is 22.5. The number of aromatic hydroxyl groups is 1. The van der Waals surface area contributed by atoms with Crippen molar-refractivity contribution in [2.45, 2.75) is 13.8 Å². The fourth-order valence-corrected chi connectivity index (χ4v) is 4.30. The molecule has 0 fully saturated rings. The summed E-state index contributed by atoms with van der Waals surface area (Å²) >= 11 is 0. The van der Waals surface area contributed by atoms with Crippen LogP contribution in [0.5, 0.6) is 17.4 Å². The molecule has 0 aliphatic rings. The maximum Gasteiger partial charge on any atom is 0.217 e. The van der Waals surface area contributed by atoms with E-state index in [1.165, 1.54) is 0 Å². The molecule has 3 aromatic heterocycles. The van der Waals surface area contributed by atoms with Crippen LogP contribution in [0.1, 0.15) is 11.1 Å². The number of aryl methyl sites for hydroxylation is 2. The molecule has 0 bridgehead atoms.